The van der Waals surface area contributed by atoms with Gasteiger partial charge in [-0.05, 0) is 50.9 Å². The maximum atomic E-state index is 13.2. The minimum atomic E-state index is -0.224. The Morgan fingerprint density at radius 1 is 1.35 bits per heavy atom. The average Bonchev–Trinajstić information content (AvgIpc) is 2.41. The molecule has 0 aliphatic rings. The van der Waals surface area contributed by atoms with Crippen molar-refractivity contribution in [2.75, 3.05) is 13.2 Å². The van der Waals surface area contributed by atoms with Gasteiger partial charge < -0.3 is 10.1 Å². The van der Waals surface area contributed by atoms with Gasteiger partial charge in [0.15, 0.2) is 0 Å². The second-order valence-corrected chi connectivity index (χ2v) is 6.00. The van der Waals surface area contributed by atoms with E-state index in [0.717, 1.165) is 29.4 Å². The molecule has 0 aliphatic heterocycles. The summed E-state index contributed by atoms with van der Waals surface area (Å²) in [5.41, 5.74) is 0.871. The molecule has 0 fully saturated rings. The fourth-order valence-corrected chi connectivity index (χ4v) is 2.95. The Kier molecular flexibility index (Phi) is 7.13. The minimum absolute atomic E-state index is 0.194. The van der Waals surface area contributed by atoms with Gasteiger partial charge in [-0.2, -0.15) is 0 Å². The lowest BCUT2D eigenvalue weighted by Crippen LogP contribution is -2.51. The molecular formula is C16H25BrFNO. The molecule has 0 aliphatic carbocycles. The van der Waals surface area contributed by atoms with Crippen LogP contribution in [-0.2, 0) is 11.2 Å². The molecule has 1 rings (SSSR count). The SMILES string of the molecule is CCNC(Cc1ccc(F)cc1Br)C(C)(CC)OCC. The van der Waals surface area contributed by atoms with Gasteiger partial charge in [0.05, 0.1) is 5.60 Å². The highest BCUT2D eigenvalue weighted by Gasteiger charge is 2.33. The van der Waals surface area contributed by atoms with E-state index in [1.807, 2.05) is 13.0 Å². The second-order valence-electron chi connectivity index (χ2n) is 5.15. The number of hydrogen-bond donors (Lipinski definition) is 1. The zero-order valence-electron chi connectivity index (χ0n) is 12.8. The van der Waals surface area contributed by atoms with E-state index in [9.17, 15) is 4.39 Å². The molecule has 0 amide bonds. The quantitative estimate of drug-likeness (QED) is 0.757. The Hall–Kier alpha value is -0.450. The van der Waals surface area contributed by atoms with Crippen molar-refractivity contribution in [1.29, 1.82) is 0 Å². The van der Waals surface area contributed by atoms with Crippen LogP contribution in [0.5, 0.6) is 0 Å². The van der Waals surface area contributed by atoms with E-state index >= 15 is 0 Å². The first kappa shape index (κ1) is 17.6. The van der Waals surface area contributed by atoms with Gasteiger partial charge >= 0.3 is 0 Å². The first-order chi connectivity index (χ1) is 9.46. The predicted molar refractivity (Wildman–Crippen MR) is 85.6 cm³/mol. The standard InChI is InChI=1S/C16H25BrFNO/c1-5-16(4,20-7-3)15(19-6-2)10-12-8-9-13(18)11-14(12)17/h8-9,11,15,19H,5-7,10H2,1-4H3. The van der Waals surface area contributed by atoms with Crippen molar-refractivity contribution in [1.82, 2.24) is 5.32 Å². The molecule has 2 unspecified atom stereocenters. The fourth-order valence-electron chi connectivity index (χ4n) is 2.44. The van der Waals surface area contributed by atoms with Gasteiger partial charge in [-0.15, -0.1) is 0 Å². The fraction of sp³-hybridized carbons (Fsp3) is 0.625. The summed E-state index contributed by atoms with van der Waals surface area (Å²) in [7, 11) is 0. The molecule has 1 aromatic carbocycles. The van der Waals surface area contributed by atoms with E-state index in [2.05, 4.69) is 42.0 Å². The van der Waals surface area contributed by atoms with Crippen molar-refractivity contribution in [2.45, 2.75) is 52.2 Å². The highest BCUT2D eigenvalue weighted by atomic mass is 79.9. The first-order valence-corrected chi connectivity index (χ1v) is 8.07. The van der Waals surface area contributed by atoms with Crippen LogP contribution in [0, 0.1) is 5.82 Å². The lowest BCUT2D eigenvalue weighted by Gasteiger charge is -2.37. The summed E-state index contributed by atoms with van der Waals surface area (Å²) in [5.74, 6) is -0.219. The third-order valence-electron chi connectivity index (χ3n) is 3.80. The molecule has 0 heterocycles. The molecular weight excluding hydrogens is 321 g/mol. The summed E-state index contributed by atoms with van der Waals surface area (Å²) in [5, 5.41) is 3.51. The van der Waals surface area contributed by atoms with Crippen molar-refractivity contribution in [2.24, 2.45) is 0 Å². The molecule has 0 aromatic heterocycles. The van der Waals surface area contributed by atoms with E-state index in [-0.39, 0.29) is 17.5 Å². The lowest BCUT2D eigenvalue weighted by atomic mass is 9.88. The third kappa shape index (κ3) is 4.54. The van der Waals surface area contributed by atoms with Gasteiger partial charge in [0.1, 0.15) is 5.82 Å². The van der Waals surface area contributed by atoms with Gasteiger partial charge in [-0.3, -0.25) is 0 Å². The molecule has 20 heavy (non-hydrogen) atoms. The smallest absolute Gasteiger partial charge is 0.124 e. The van der Waals surface area contributed by atoms with Crippen LogP contribution in [0.4, 0.5) is 4.39 Å². The van der Waals surface area contributed by atoms with Crippen LogP contribution in [0.2, 0.25) is 0 Å². The summed E-state index contributed by atoms with van der Waals surface area (Å²) in [6.45, 7) is 9.96. The predicted octanol–water partition coefficient (Wildman–Crippen LogP) is 4.31. The van der Waals surface area contributed by atoms with E-state index in [0.29, 0.717) is 6.61 Å². The zero-order chi connectivity index (χ0) is 15.2. The highest BCUT2D eigenvalue weighted by molar-refractivity contribution is 9.10. The first-order valence-electron chi connectivity index (χ1n) is 7.28. The molecule has 4 heteroatoms. The number of halogens is 2. The Morgan fingerprint density at radius 2 is 2.05 bits per heavy atom. The molecule has 114 valence electrons. The lowest BCUT2D eigenvalue weighted by molar-refractivity contribution is -0.0547. The monoisotopic (exact) mass is 345 g/mol. The van der Waals surface area contributed by atoms with Crippen LogP contribution in [0.15, 0.2) is 22.7 Å². The molecule has 2 nitrogen and oxygen atoms in total. The normalized spacial score (nSPS) is 15.9. The van der Waals surface area contributed by atoms with Crippen LogP contribution < -0.4 is 5.32 Å². The van der Waals surface area contributed by atoms with Crippen LogP contribution in [0.25, 0.3) is 0 Å². The number of hydrogen-bond acceptors (Lipinski definition) is 2. The van der Waals surface area contributed by atoms with Crippen molar-refractivity contribution in [3.8, 4) is 0 Å². The number of benzene rings is 1. The summed E-state index contributed by atoms with van der Waals surface area (Å²) in [6, 6.07) is 5.06. The van der Waals surface area contributed by atoms with Crippen LogP contribution >= 0.6 is 15.9 Å². The Balaban J connectivity index is 2.96. The number of nitrogens with one attached hydrogen (secondary N) is 1. The number of likely N-dealkylation sites (N-methyl/N-ethyl adjacent to an activating group) is 1. The second kappa shape index (κ2) is 8.11. The maximum absolute atomic E-state index is 13.2. The highest BCUT2D eigenvalue weighted by Crippen LogP contribution is 2.26. The van der Waals surface area contributed by atoms with E-state index < -0.39 is 0 Å². The van der Waals surface area contributed by atoms with Gasteiger partial charge in [0.2, 0.25) is 0 Å². The van der Waals surface area contributed by atoms with Crippen LogP contribution in [0.1, 0.15) is 39.7 Å². The Labute approximate surface area is 130 Å². The zero-order valence-corrected chi connectivity index (χ0v) is 14.4. The minimum Gasteiger partial charge on any atom is -0.374 e. The van der Waals surface area contributed by atoms with Crippen molar-refractivity contribution in [3.05, 3.63) is 34.1 Å². The molecule has 0 bridgehead atoms. The topological polar surface area (TPSA) is 21.3 Å². The summed E-state index contributed by atoms with van der Waals surface area (Å²) >= 11 is 3.45. The van der Waals surface area contributed by atoms with Gasteiger partial charge in [0, 0.05) is 17.1 Å². The third-order valence-corrected chi connectivity index (χ3v) is 4.54. The van der Waals surface area contributed by atoms with Crippen molar-refractivity contribution in [3.63, 3.8) is 0 Å². The summed E-state index contributed by atoms with van der Waals surface area (Å²) < 4.78 is 20.0. The van der Waals surface area contributed by atoms with Gasteiger partial charge in [-0.1, -0.05) is 35.8 Å². The molecule has 0 saturated carbocycles. The molecule has 0 saturated heterocycles. The Morgan fingerprint density at radius 3 is 2.55 bits per heavy atom. The maximum Gasteiger partial charge on any atom is 0.124 e. The summed E-state index contributed by atoms with van der Waals surface area (Å²) in [6.07, 6.45) is 1.73. The van der Waals surface area contributed by atoms with Crippen molar-refractivity contribution >= 4 is 15.9 Å². The van der Waals surface area contributed by atoms with Crippen LogP contribution in [0.3, 0.4) is 0 Å². The van der Waals surface area contributed by atoms with Gasteiger partial charge in [0.25, 0.3) is 0 Å². The molecule has 2 atom stereocenters. The molecule has 0 radical (unpaired) electrons. The molecule has 1 aromatic rings. The average molecular weight is 346 g/mol. The van der Waals surface area contributed by atoms with E-state index in [4.69, 9.17) is 4.74 Å². The van der Waals surface area contributed by atoms with Crippen LogP contribution in [-0.4, -0.2) is 24.8 Å². The van der Waals surface area contributed by atoms with E-state index in [1.165, 1.54) is 12.1 Å². The number of ether oxygens (including phenoxy) is 1. The van der Waals surface area contributed by atoms with Gasteiger partial charge in [-0.25, -0.2) is 4.39 Å². The summed E-state index contributed by atoms with van der Waals surface area (Å²) in [4.78, 5) is 0. The largest absolute Gasteiger partial charge is 0.374 e. The Bertz CT molecular complexity index is 427. The molecule has 0 spiro atoms. The van der Waals surface area contributed by atoms with Crippen molar-refractivity contribution < 1.29 is 9.13 Å². The number of rotatable bonds is 8. The van der Waals surface area contributed by atoms with E-state index in [1.54, 1.807) is 0 Å². The molecule has 1 N–H and O–H groups in total.